The van der Waals surface area contributed by atoms with Crippen molar-refractivity contribution in [2.45, 2.75) is 6.54 Å². The molecular formula is C15H10N4O3. The molecule has 0 aliphatic rings. The highest BCUT2D eigenvalue weighted by Crippen LogP contribution is 2.16. The molecule has 0 spiro atoms. The second-order valence-corrected chi connectivity index (χ2v) is 4.37. The molecule has 1 amide bonds. The summed E-state index contributed by atoms with van der Waals surface area (Å²) < 4.78 is 10.2. The Hall–Kier alpha value is -3.40. The first kappa shape index (κ1) is 13.6. The molecule has 0 radical (unpaired) electrons. The van der Waals surface area contributed by atoms with Crippen LogP contribution >= 0.6 is 0 Å². The summed E-state index contributed by atoms with van der Waals surface area (Å²) in [5, 5.41) is 15.2. The van der Waals surface area contributed by atoms with Crippen molar-refractivity contribution in [2.75, 3.05) is 0 Å². The maximum atomic E-state index is 12.0. The zero-order chi connectivity index (χ0) is 15.4. The number of furan rings is 1. The molecule has 1 aromatic carbocycles. The summed E-state index contributed by atoms with van der Waals surface area (Å²) in [6.07, 6.45) is 1.50. The van der Waals surface area contributed by atoms with Crippen LogP contribution < -0.4 is 5.32 Å². The number of carbonyl (C=O) groups excluding carboxylic acids is 1. The highest BCUT2D eigenvalue weighted by Gasteiger charge is 2.12. The van der Waals surface area contributed by atoms with Crippen LogP contribution in [0.1, 0.15) is 21.7 Å². The molecule has 22 heavy (non-hydrogen) atoms. The number of aromatic nitrogens is 2. The number of nitrogens with zero attached hydrogens (tertiary/aromatic N) is 3. The fraction of sp³-hybridized carbons (Fsp3) is 0.0667. The van der Waals surface area contributed by atoms with Gasteiger partial charge < -0.3 is 14.3 Å². The third-order valence-electron chi connectivity index (χ3n) is 2.86. The van der Waals surface area contributed by atoms with Crippen LogP contribution in [0.2, 0.25) is 0 Å². The van der Waals surface area contributed by atoms with Crippen molar-refractivity contribution in [3.05, 3.63) is 59.6 Å². The molecule has 0 atom stereocenters. The van der Waals surface area contributed by atoms with Crippen LogP contribution in [-0.4, -0.2) is 16.0 Å². The van der Waals surface area contributed by atoms with Crippen LogP contribution in [0.15, 0.2) is 51.6 Å². The van der Waals surface area contributed by atoms with E-state index in [9.17, 15) is 4.79 Å². The van der Waals surface area contributed by atoms with E-state index in [1.54, 1.807) is 30.3 Å². The Kier molecular flexibility index (Phi) is 3.66. The summed E-state index contributed by atoms with van der Waals surface area (Å²) in [6, 6.07) is 11.8. The first-order valence-corrected chi connectivity index (χ1v) is 6.41. The molecule has 0 saturated heterocycles. The first-order valence-electron chi connectivity index (χ1n) is 6.41. The van der Waals surface area contributed by atoms with Gasteiger partial charge in [0.15, 0.2) is 11.6 Å². The van der Waals surface area contributed by atoms with E-state index >= 15 is 0 Å². The number of hydrogen-bond donors (Lipinski definition) is 1. The molecule has 0 fully saturated rings. The quantitative estimate of drug-likeness (QED) is 0.790. The van der Waals surface area contributed by atoms with Gasteiger partial charge in [0.05, 0.1) is 24.4 Å². The second-order valence-electron chi connectivity index (χ2n) is 4.37. The van der Waals surface area contributed by atoms with Gasteiger partial charge in [-0.05, 0) is 30.3 Å². The van der Waals surface area contributed by atoms with Crippen LogP contribution in [-0.2, 0) is 6.54 Å². The predicted octanol–water partition coefficient (Wildman–Crippen LogP) is 2.13. The standard InChI is InChI=1S/C15H10N4O3/c16-8-10-3-1-4-11(7-10)14(20)17-9-13-18-15(22-19-13)12-5-2-6-21-12/h1-7H,9H2,(H,17,20). The van der Waals surface area contributed by atoms with Gasteiger partial charge in [0.25, 0.3) is 11.8 Å². The Morgan fingerprint density at radius 3 is 3.00 bits per heavy atom. The van der Waals surface area contributed by atoms with Crippen LogP contribution in [0.25, 0.3) is 11.7 Å². The summed E-state index contributed by atoms with van der Waals surface area (Å²) in [4.78, 5) is 16.1. The third-order valence-corrected chi connectivity index (χ3v) is 2.86. The van der Waals surface area contributed by atoms with Crippen molar-refractivity contribution in [1.29, 1.82) is 5.26 Å². The summed E-state index contributed by atoms with van der Waals surface area (Å²) >= 11 is 0. The smallest absolute Gasteiger partial charge is 0.293 e. The molecule has 1 N–H and O–H groups in total. The lowest BCUT2D eigenvalue weighted by molar-refractivity contribution is 0.0949. The Morgan fingerprint density at radius 2 is 2.23 bits per heavy atom. The van der Waals surface area contributed by atoms with Crippen LogP contribution in [0.3, 0.4) is 0 Å². The average Bonchev–Trinajstić information content (AvgIpc) is 3.23. The number of carbonyl (C=O) groups is 1. The van der Waals surface area contributed by atoms with E-state index in [1.807, 2.05) is 6.07 Å². The monoisotopic (exact) mass is 294 g/mol. The van der Waals surface area contributed by atoms with Crippen molar-refractivity contribution in [1.82, 2.24) is 15.5 Å². The van der Waals surface area contributed by atoms with E-state index in [-0.39, 0.29) is 18.3 Å². The number of amides is 1. The minimum absolute atomic E-state index is 0.111. The largest absolute Gasteiger partial charge is 0.459 e. The molecule has 0 unspecified atom stereocenters. The summed E-state index contributed by atoms with van der Waals surface area (Å²) in [6.45, 7) is 0.111. The van der Waals surface area contributed by atoms with E-state index in [0.717, 1.165) is 0 Å². The molecule has 3 aromatic rings. The van der Waals surface area contributed by atoms with Crippen molar-refractivity contribution >= 4 is 5.91 Å². The molecule has 0 saturated carbocycles. The molecule has 0 aliphatic heterocycles. The SMILES string of the molecule is N#Cc1cccc(C(=O)NCc2noc(-c3ccco3)n2)c1. The summed E-state index contributed by atoms with van der Waals surface area (Å²) in [5.74, 6) is 0.727. The van der Waals surface area contributed by atoms with Crippen molar-refractivity contribution in [2.24, 2.45) is 0 Å². The van der Waals surface area contributed by atoms with E-state index in [2.05, 4.69) is 15.5 Å². The number of benzene rings is 1. The Morgan fingerprint density at radius 1 is 1.32 bits per heavy atom. The molecule has 108 valence electrons. The molecule has 0 aliphatic carbocycles. The number of rotatable bonds is 4. The van der Waals surface area contributed by atoms with Gasteiger partial charge in [-0.15, -0.1) is 0 Å². The highest BCUT2D eigenvalue weighted by atomic mass is 16.5. The van der Waals surface area contributed by atoms with Gasteiger partial charge in [-0.25, -0.2) is 0 Å². The van der Waals surface area contributed by atoms with Gasteiger partial charge in [0.2, 0.25) is 0 Å². The summed E-state index contributed by atoms with van der Waals surface area (Å²) in [7, 11) is 0. The van der Waals surface area contributed by atoms with Gasteiger partial charge in [0, 0.05) is 5.56 Å². The van der Waals surface area contributed by atoms with E-state index < -0.39 is 0 Å². The van der Waals surface area contributed by atoms with Gasteiger partial charge in [0.1, 0.15) is 0 Å². The van der Waals surface area contributed by atoms with Crippen LogP contribution in [0, 0.1) is 11.3 Å². The molecule has 7 heteroatoms. The zero-order valence-electron chi connectivity index (χ0n) is 11.3. The number of nitriles is 1. The Bertz CT molecular complexity index is 831. The highest BCUT2D eigenvalue weighted by molar-refractivity contribution is 5.94. The second kappa shape index (κ2) is 5.93. The Labute approximate surface area is 125 Å². The fourth-order valence-electron chi connectivity index (χ4n) is 1.82. The van der Waals surface area contributed by atoms with Crippen molar-refractivity contribution < 1.29 is 13.7 Å². The van der Waals surface area contributed by atoms with E-state index in [4.69, 9.17) is 14.2 Å². The minimum atomic E-state index is -0.318. The van der Waals surface area contributed by atoms with Gasteiger partial charge >= 0.3 is 0 Å². The molecule has 7 nitrogen and oxygen atoms in total. The maximum absolute atomic E-state index is 12.0. The van der Waals surface area contributed by atoms with Crippen molar-refractivity contribution in [3.8, 4) is 17.7 Å². The van der Waals surface area contributed by atoms with Gasteiger partial charge in [-0.2, -0.15) is 10.2 Å². The molecule has 2 heterocycles. The lowest BCUT2D eigenvalue weighted by Gasteiger charge is -2.02. The van der Waals surface area contributed by atoms with Crippen molar-refractivity contribution in [3.63, 3.8) is 0 Å². The molecule has 2 aromatic heterocycles. The maximum Gasteiger partial charge on any atom is 0.293 e. The molecular weight excluding hydrogens is 284 g/mol. The Balaban J connectivity index is 1.65. The lowest BCUT2D eigenvalue weighted by atomic mass is 10.1. The molecule has 3 rings (SSSR count). The van der Waals surface area contributed by atoms with E-state index in [1.165, 1.54) is 12.3 Å². The van der Waals surface area contributed by atoms with Gasteiger partial charge in [-0.3, -0.25) is 4.79 Å². The minimum Gasteiger partial charge on any atom is -0.459 e. The number of hydrogen-bond acceptors (Lipinski definition) is 6. The number of nitrogens with one attached hydrogen (secondary N) is 1. The average molecular weight is 294 g/mol. The van der Waals surface area contributed by atoms with Crippen LogP contribution in [0.5, 0.6) is 0 Å². The van der Waals surface area contributed by atoms with Crippen LogP contribution in [0.4, 0.5) is 0 Å². The van der Waals surface area contributed by atoms with Gasteiger partial charge in [-0.1, -0.05) is 11.2 Å². The predicted molar refractivity (Wildman–Crippen MR) is 74.3 cm³/mol. The van der Waals surface area contributed by atoms with E-state index in [0.29, 0.717) is 22.7 Å². The fourth-order valence-corrected chi connectivity index (χ4v) is 1.82. The topological polar surface area (TPSA) is 105 Å². The third kappa shape index (κ3) is 2.86. The lowest BCUT2D eigenvalue weighted by Crippen LogP contribution is -2.23. The normalized spacial score (nSPS) is 10.1. The first-order chi connectivity index (χ1) is 10.8. The summed E-state index contributed by atoms with van der Waals surface area (Å²) in [5.41, 5.74) is 0.820. The molecule has 0 bridgehead atoms. The zero-order valence-corrected chi connectivity index (χ0v) is 11.3.